The molecule has 7 N–H and O–H groups in total. The van der Waals surface area contributed by atoms with Crippen molar-refractivity contribution in [3.63, 3.8) is 0 Å². The first-order valence-corrected chi connectivity index (χ1v) is 12.8. The van der Waals surface area contributed by atoms with Crippen LogP contribution >= 0.6 is 11.6 Å². The summed E-state index contributed by atoms with van der Waals surface area (Å²) in [5.41, 5.74) is 5.43. The molecule has 224 valence electrons. The van der Waals surface area contributed by atoms with Crippen LogP contribution in [-0.4, -0.2) is 67.6 Å². The van der Waals surface area contributed by atoms with Crippen molar-refractivity contribution < 1.29 is 32.7 Å². The van der Waals surface area contributed by atoms with Gasteiger partial charge in [-0.2, -0.15) is 18.3 Å². The number of benzene rings is 1. The summed E-state index contributed by atoms with van der Waals surface area (Å²) in [7, 11) is 0. The van der Waals surface area contributed by atoms with E-state index in [0.717, 1.165) is 6.20 Å². The van der Waals surface area contributed by atoms with Crippen molar-refractivity contribution in [1.29, 1.82) is 0 Å². The Labute approximate surface area is 241 Å². The Balaban J connectivity index is 0.00000155. The number of anilines is 2. The van der Waals surface area contributed by atoms with E-state index in [1.165, 1.54) is 35.1 Å². The van der Waals surface area contributed by atoms with Gasteiger partial charge in [0.1, 0.15) is 5.69 Å². The summed E-state index contributed by atoms with van der Waals surface area (Å²) >= 11 is 6.34. The lowest BCUT2D eigenvalue weighted by Gasteiger charge is -2.11. The maximum Gasteiger partial charge on any atom is 0.433 e. The maximum atomic E-state index is 13.4. The number of aromatic nitrogens is 5. The van der Waals surface area contributed by atoms with Gasteiger partial charge in [-0.3, -0.25) is 23.9 Å². The van der Waals surface area contributed by atoms with Gasteiger partial charge in [0.05, 0.1) is 34.2 Å². The molecule has 0 atom stereocenters. The van der Waals surface area contributed by atoms with Crippen molar-refractivity contribution >= 4 is 47.0 Å². The molecule has 0 fully saturated rings. The predicted octanol–water partition coefficient (Wildman–Crippen LogP) is 3.21. The molecule has 0 unspecified atom stereocenters. The van der Waals surface area contributed by atoms with E-state index in [2.05, 4.69) is 31.0 Å². The predicted molar refractivity (Wildman–Crippen MR) is 147 cm³/mol. The standard InChI is InChI=1S/C24H25ClF3N9O2.CH2O2/c25-17-11-14(4-5-15(17)23(39)32-8-2-7-30-19(38)3-1-6-29)35-21-22-33-13-18(37(22)10-9-31-21)16-12-34-36-20(16)24(26,27)28;2-1-3/h4-5,9-13H,1-3,6-8,29H2,(H,30,38)(H,31,35)(H,32,39)(H,34,36);1H,(H,2,3). The molecule has 17 heteroatoms. The number of alkyl halides is 3. The molecule has 4 aromatic rings. The van der Waals surface area contributed by atoms with E-state index in [1.54, 1.807) is 6.07 Å². The first kappa shape index (κ1) is 31.8. The number of amides is 2. The molecule has 3 heterocycles. The molecule has 3 aromatic heterocycles. The number of aromatic amines is 1. The third-order valence-corrected chi connectivity index (χ3v) is 5.99. The minimum atomic E-state index is -4.62. The fourth-order valence-corrected chi connectivity index (χ4v) is 4.05. The minimum Gasteiger partial charge on any atom is -0.483 e. The van der Waals surface area contributed by atoms with Crippen LogP contribution < -0.4 is 21.7 Å². The number of carboxylic acid groups (broad SMARTS) is 1. The number of halogens is 4. The number of nitrogens with zero attached hydrogens (tertiary/aromatic N) is 4. The molecule has 42 heavy (non-hydrogen) atoms. The lowest BCUT2D eigenvalue weighted by molar-refractivity contribution is -0.140. The number of carbonyl (C=O) groups excluding carboxylic acids is 2. The number of carbonyl (C=O) groups is 3. The smallest absolute Gasteiger partial charge is 0.433 e. The lowest BCUT2D eigenvalue weighted by atomic mass is 10.2. The molecule has 0 aliphatic heterocycles. The number of hydrogen-bond acceptors (Lipinski definition) is 8. The van der Waals surface area contributed by atoms with E-state index in [4.69, 9.17) is 27.2 Å². The highest BCUT2D eigenvalue weighted by Gasteiger charge is 2.36. The van der Waals surface area contributed by atoms with Crippen molar-refractivity contribution in [2.45, 2.75) is 25.4 Å². The summed E-state index contributed by atoms with van der Waals surface area (Å²) < 4.78 is 41.5. The molecule has 0 spiro atoms. The third kappa shape index (κ3) is 8.17. The van der Waals surface area contributed by atoms with Crippen LogP contribution in [0.5, 0.6) is 0 Å². The molecule has 4 rings (SSSR count). The van der Waals surface area contributed by atoms with Gasteiger partial charge >= 0.3 is 6.18 Å². The van der Waals surface area contributed by atoms with Gasteiger partial charge in [-0.25, -0.2) is 9.97 Å². The SMILES string of the molecule is NCCCC(=O)NCCCNC(=O)c1ccc(Nc2nccn3c(-c4cn[nH]c4C(F)(F)F)cnc23)cc1Cl.O=CO. The molecule has 0 saturated carbocycles. The zero-order valence-electron chi connectivity index (χ0n) is 21.9. The quantitative estimate of drug-likeness (QED) is 0.109. The number of hydrogen-bond donors (Lipinski definition) is 6. The largest absolute Gasteiger partial charge is 0.483 e. The fourth-order valence-electron chi connectivity index (χ4n) is 3.78. The van der Waals surface area contributed by atoms with Gasteiger partial charge in [0.25, 0.3) is 12.4 Å². The van der Waals surface area contributed by atoms with Gasteiger partial charge in [0.15, 0.2) is 11.5 Å². The summed E-state index contributed by atoms with van der Waals surface area (Å²) in [6, 6.07) is 4.68. The van der Waals surface area contributed by atoms with Gasteiger partial charge in [0.2, 0.25) is 5.91 Å². The van der Waals surface area contributed by atoms with Crippen LogP contribution in [0, 0.1) is 0 Å². The molecule has 0 bridgehead atoms. The fraction of sp³-hybridized carbons (Fsp3) is 0.280. The van der Waals surface area contributed by atoms with E-state index in [-0.39, 0.29) is 51.6 Å². The second-order valence-electron chi connectivity index (χ2n) is 8.55. The summed E-state index contributed by atoms with van der Waals surface area (Å²) in [5, 5.41) is 21.1. The van der Waals surface area contributed by atoms with Crippen molar-refractivity contribution in [2.75, 3.05) is 25.0 Å². The van der Waals surface area contributed by atoms with E-state index in [0.29, 0.717) is 44.6 Å². The molecule has 0 aliphatic carbocycles. The molecule has 0 radical (unpaired) electrons. The van der Waals surface area contributed by atoms with Crippen LogP contribution in [0.4, 0.5) is 24.7 Å². The molecule has 1 aromatic carbocycles. The number of rotatable bonds is 11. The molecule has 0 aliphatic rings. The van der Waals surface area contributed by atoms with Gasteiger partial charge in [-0.1, -0.05) is 11.6 Å². The van der Waals surface area contributed by atoms with Gasteiger partial charge in [0, 0.05) is 37.6 Å². The third-order valence-electron chi connectivity index (χ3n) is 5.67. The average Bonchev–Trinajstić information content (AvgIpc) is 3.60. The van der Waals surface area contributed by atoms with Crippen molar-refractivity contribution in [2.24, 2.45) is 5.73 Å². The van der Waals surface area contributed by atoms with Crippen LogP contribution in [0.2, 0.25) is 5.02 Å². The molecular formula is C25H27ClF3N9O4. The first-order valence-electron chi connectivity index (χ1n) is 12.4. The van der Waals surface area contributed by atoms with Crippen LogP contribution in [-0.2, 0) is 15.8 Å². The Morgan fingerprint density at radius 3 is 2.57 bits per heavy atom. The minimum absolute atomic E-state index is 0.0813. The zero-order chi connectivity index (χ0) is 30.7. The Bertz CT molecular complexity index is 1520. The summed E-state index contributed by atoms with van der Waals surface area (Å²) in [6.45, 7) is 0.965. The van der Waals surface area contributed by atoms with Crippen LogP contribution in [0.3, 0.4) is 0 Å². The Kier molecular flexibility index (Phi) is 11.2. The van der Waals surface area contributed by atoms with Crippen LogP contribution in [0.25, 0.3) is 16.9 Å². The van der Waals surface area contributed by atoms with Gasteiger partial charge in [-0.05, 0) is 37.6 Å². The number of nitrogens with two attached hydrogens (primary N) is 1. The normalized spacial score (nSPS) is 11.0. The first-order chi connectivity index (χ1) is 20.1. The molecule has 2 amide bonds. The highest BCUT2D eigenvalue weighted by Crippen LogP contribution is 2.36. The molecule has 0 saturated heterocycles. The van der Waals surface area contributed by atoms with E-state index >= 15 is 0 Å². The van der Waals surface area contributed by atoms with Crippen molar-refractivity contribution in [1.82, 2.24) is 35.2 Å². The monoisotopic (exact) mass is 609 g/mol. The van der Waals surface area contributed by atoms with E-state index in [1.807, 2.05) is 5.10 Å². The second-order valence-corrected chi connectivity index (χ2v) is 8.95. The van der Waals surface area contributed by atoms with E-state index < -0.39 is 11.9 Å². The van der Waals surface area contributed by atoms with Gasteiger partial charge in [-0.15, -0.1) is 0 Å². The highest BCUT2D eigenvalue weighted by molar-refractivity contribution is 6.34. The maximum absolute atomic E-state index is 13.4. The van der Waals surface area contributed by atoms with Crippen molar-refractivity contribution in [3.8, 4) is 11.3 Å². The molecular weight excluding hydrogens is 583 g/mol. The molecule has 13 nitrogen and oxygen atoms in total. The number of nitrogens with one attached hydrogen (secondary N) is 4. The van der Waals surface area contributed by atoms with Gasteiger partial charge < -0.3 is 26.8 Å². The highest BCUT2D eigenvalue weighted by atomic mass is 35.5. The Hall–Kier alpha value is -4.70. The number of fused-ring (bicyclic) bond motifs is 1. The van der Waals surface area contributed by atoms with Crippen molar-refractivity contribution in [3.05, 3.63) is 59.3 Å². The van der Waals surface area contributed by atoms with E-state index in [9.17, 15) is 22.8 Å². The summed E-state index contributed by atoms with van der Waals surface area (Å²) in [6.07, 6.45) is 2.21. The number of H-pyrrole nitrogens is 1. The average molecular weight is 610 g/mol. The number of imidazole rings is 1. The van der Waals surface area contributed by atoms with Crippen LogP contribution in [0.1, 0.15) is 35.3 Å². The topological polar surface area (TPSA) is 192 Å². The zero-order valence-corrected chi connectivity index (χ0v) is 22.7. The van der Waals surface area contributed by atoms with Crippen LogP contribution in [0.15, 0.2) is 43.0 Å². The lowest BCUT2D eigenvalue weighted by Crippen LogP contribution is -2.30. The summed E-state index contributed by atoms with van der Waals surface area (Å²) in [5.74, 6) is -0.190. The Morgan fingerprint density at radius 1 is 1.14 bits per heavy atom. The Morgan fingerprint density at radius 2 is 1.88 bits per heavy atom. The second kappa shape index (κ2) is 14.8. The summed E-state index contributed by atoms with van der Waals surface area (Å²) in [4.78, 5) is 40.9.